The van der Waals surface area contributed by atoms with Crippen LogP contribution in [0.3, 0.4) is 0 Å². The molecule has 8 heteroatoms. The lowest BCUT2D eigenvalue weighted by molar-refractivity contribution is -0.149. The molecule has 0 fully saturated rings. The summed E-state index contributed by atoms with van der Waals surface area (Å²) >= 11 is 0. The van der Waals surface area contributed by atoms with Crippen LogP contribution in [0.25, 0.3) is 0 Å². The van der Waals surface area contributed by atoms with Crippen LogP contribution in [0, 0.1) is 5.41 Å². The number of amides is 3. The Bertz CT molecular complexity index is 409. The highest BCUT2D eigenvalue weighted by molar-refractivity contribution is 7.84. The fourth-order valence-electron chi connectivity index (χ4n) is 1.25. The fraction of sp³-hybridized carbons (Fsp3) is 0.750. The van der Waals surface area contributed by atoms with Gasteiger partial charge in [-0.3, -0.25) is 19.1 Å². The zero-order valence-electron chi connectivity index (χ0n) is 12.2. The molecule has 0 rings (SSSR count). The first-order valence-corrected chi connectivity index (χ1v) is 7.81. The molecule has 0 saturated carbocycles. The number of carbonyl (C=O) groups is 3. The van der Waals surface area contributed by atoms with E-state index in [-0.39, 0.29) is 11.7 Å². The van der Waals surface area contributed by atoms with E-state index in [0.717, 1.165) is 0 Å². The summed E-state index contributed by atoms with van der Waals surface area (Å²) in [6.45, 7) is 4.91. The zero-order valence-corrected chi connectivity index (χ0v) is 13.0. The monoisotopic (exact) mass is 306 g/mol. The quantitative estimate of drug-likeness (QED) is 0.633. The molecule has 3 N–H and O–H groups in total. The molecule has 3 amide bonds. The van der Waals surface area contributed by atoms with Gasteiger partial charge >= 0.3 is 12.0 Å². The molecule has 0 bridgehead atoms. The van der Waals surface area contributed by atoms with E-state index in [0.29, 0.717) is 13.0 Å². The Morgan fingerprint density at radius 2 is 1.85 bits per heavy atom. The van der Waals surface area contributed by atoms with Gasteiger partial charge in [-0.25, -0.2) is 4.79 Å². The summed E-state index contributed by atoms with van der Waals surface area (Å²) in [6.07, 6.45) is 1.83. The molecule has 0 aliphatic rings. The minimum absolute atomic E-state index is 0.0445. The van der Waals surface area contributed by atoms with Crippen LogP contribution in [-0.4, -0.2) is 45.3 Å². The van der Waals surface area contributed by atoms with E-state index in [9.17, 15) is 18.6 Å². The SMILES string of the molecule is CC(CCNC(=O)NC(=O)CC(C)(C)C(=O)O)S(C)=O. The molecule has 7 nitrogen and oxygen atoms in total. The van der Waals surface area contributed by atoms with Crippen molar-refractivity contribution in [3.63, 3.8) is 0 Å². The highest BCUT2D eigenvalue weighted by Crippen LogP contribution is 2.19. The second-order valence-electron chi connectivity index (χ2n) is 5.27. The van der Waals surface area contributed by atoms with Crippen molar-refractivity contribution in [3.8, 4) is 0 Å². The smallest absolute Gasteiger partial charge is 0.321 e. The highest BCUT2D eigenvalue weighted by Gasteiger charge is 2.30. The third kappa shape index (κ3) is 7.22. The summed E-state index contributed by atoms with van der Waals surface area (Å²) in [5.74, 6) is -1.76. The average Bonchev–Trinajstić information content (AvgIpc) is 2.27. The Morgan fingerprint density at radius 3 is 2.30 bits per heavy atom. The second-order valence-corrected chi connectivity index (χ2v) is 7.07. The lowest BCUT2D eigenvalue weighted by atomic mass is 9.89. The van der Waals surface area contributed by atoms with Gasteiger partial charge in [0.2, 0.25) is 5.91 Å². The molecule has 0 aromatic heterocycles. The van der Waals surface area contributed by atoms with Crippen molar-refractivity contribution in [2.75, 3.05) is 12.8 Å². The van der Waals surface area contributed by atoms with Gasteiger partial charge in [0.25, 0.3) is 0 Å². The van der Waals surface area contributed by atoms with E-state index in [2.05, 4.69) is 10.6 Å². The maximum absolute atomic E-state index is 11.5. The van der Waals surface area contributed by atoms with Gasteiger partial charge in [0.15, 0.2) is 0 Å². The predicted octanol–water partition coefficient (Wildman–Crippen LogP) is 0.470. The first kappa shape index (κ1) is 18.6. The number of urea groups is 1. The van der Waals surface area contributed by atoms with Crippen LogP contribution in [0.2, 0.25) is 0 Å². The van der Waals surface area contributed by atoms with E-state index in [1.54, 1.807) is 13.2 Å². The molecule has 0 aromatic carbocycles. The lowest BCUT2D eigenvalue weighted by Crippen LogP contribution is -2.42. The topological polar surface area (TPSA) is 113 Å². The average molecular weight is 306 g/mol. The van der Waals surface area contributed by atoms with Gasteiger partial charge in [0, 0.05) is 35.3 Å². The van der Waals surface area contributed by atoms with Crippen molar-refractivity contribution < 1.29 is 23.7 Å². The van der Waals surface area contributed by atoms with Crippen LogP contribution in [-0.2, 0) is 20.4 Å². The number of nitrogens with one attached hydrogen (secondary N) is 2. The van der Waals surface area contributed by atoms with Crippen LogP contribution >= 0.6 is 0 Å². The van der Waals surface area contributed by atoms with Crippen LogP contribution in [0.4, 0.5) is 4.79 Å². The van der Waals surface area contributed by atoms with Crippen molar-refractivity contribution >= 4 is 28.7 Å². The normalized spacial score (nSPS) is 14.2. The van der Waals surface area contributed by atoms with Gasteiger partial charge in [0.05, 0.1) is 5.41 Å². The number of carboxylic acids is 1. The number of rotatable bonds is 7. The summed E-state index contributed by atoms with van der Waals surface area (Å²) in [5.41, 5.74) is -1.22. The molecule has 0 radical (unpaired) electrons. The number of hydrogen-bond acceptors (Lipinski definition) is 4. The molecule has 0 aliphatic carbocycles. The van der Waals surface area contributed by atoms with Crippen LogP contribution < -0.4 is 10.6 Å². The standard InChI is InChI=1S/C12H22N2O5S/c1-8(20(4)19)5-6-13-11(18)14-9(15)7-12(2,3)10(16)17/h8H,5-7H2,1-4H3,(H,16,17)(H2,13,14,15,18). The van der Waals surface area contributed by atoms with E-state index in [1.807, 2.05) is 0 Å². The van der Waals surface area contributed by atoms with E-state index in [4.69, 9.17) is 5.11 Å². The maximum Gasteiger partial charge on any atom is 0.321 e. The lowest BCUT2D eigenvalue weighted by Gasteiger charge is -2.18. The zero-order chi connectivity index (χ0) is 15.9. The largest absolute Gasteiger partial charge is 0.481 e. The number of hydrogen-bond donors (Lipinski definition) is 3. The molecule has 2 atom stereocenters. The third-order valence-corrected chi connectivity index (χ3v) is 4.21. The predicted molar refractivity (Wildman–Crippen MR) is 75.7 cm³/mol. The molecule has 0 saturated heterocycles. The third-order valence-electron chi connectivity index (χ3n) is 2.84. The maximum atomic E-state index is 11.5. The summed E-state index contributed by atoms with van der Waals surface area (Å²) < 4.78 is 11.1. The Morgan fingerprint density at radius 1 is 1.30 bits per heavy atom. The minimum atomic E-state index is -1.22. The molecule has 0 spiro atoms. The molecule has 116 valence electrons. The number of carbonyl (C=O) groups excluding carboxylic acids is 2. The fourth-order valence-corrected chi connectivity index (χ4v) is 1.70. The minimum Gasteiger partial charge on any atom is -0.481 e. The van der Waals surface area contributed by atoms with E-state index in [1.165, 1.54) is 13.8 Å². The summed E-state index contributed by atoms with van der Waals surface area (Å²) in [6, 6.07) is -0.676. The summed E-state index contributed by atoms with van der Waals surface area (Å²) in [5, 5.41) is 13.4. The van der Waals surface area contributed by atoms with Gasteiger partial charge in [-0.15, -0.1) is 0 Å². The van der Waals surface area contributed by atoms with Crippen molar-refractivity contribution in [1.82, 2.24) is 10.6 Å². The molecule has 2 unspecified atom stereocenters. The summed E-state index contributed by atoms with van der Waals surface area (Å²) in [4.78, 5) is 33.7. The second kappa shape index (κ2) is 7.98. The van der Waals surface area contributed by atoms with Gasteiger partial charge < -0.3 is 10.4 Å². The number of imide groups is 1. The van der Waals surface area contributed by atoms with Crippen LogP contribution in [0.5, 0.6) is 0 Å². The molecule has 0 heterocycles. The van der Waals surface area contributed by atoms with E-state index >= 15 is 0 Å². The molecule has 0 aromatic rings. The highest BCUT2D eigenvalue weighted by atomic mass is 32.2. The number of aliphatic carboxylic acids is 1. The molecule has 20 heavy (non-hydrogen) atoms. The Balaban J connectivity index is 4.07. The van der Waals surface area contributed by atoms with Gasteiger partial charge in [0.1, 0.15) is 0 Å². The van der Waals surface area contributed by atoms with Crippen molar-refractivity contribution in [3.05, 3.63) is 0 Å². The van der Waals surface area contributed by atoms with Gasteiger partial charge in [-0.1, -0.05) is 6.92 Å². The van der Waals surface area contributed by atoms with Crippen molar-refractivity contribution in [2.45, 2.75) is 38.9 Å². The van der Waals surface area contributed by atoms with E-state index < -0.39 is 34.1 Å². The Kier molecular flexibility index (Phi) is 7.41. The summed E-state index contributed by atoms with van der Waals surface area (Å²) in [7, 11) is -0.958. The molecular weight excluding hydrogens is 284 g/mol. The molecule has 0 aliphatic heterocycles. The van der Waals surface area contributed by atoms with Crippen molar-refractivity contribution in [1.29, 1.82) is 0 Å². The van der Waals surface area contributed by atoms with Gasteiger partial charge in [-0.2, -0.15) is 0 Å². The van der Waals surface area contributed by atoms with Crippen LogP contribution in [0.15, 0.2) is 0 Å². The Hall–Kier alpha value is -1.44. The first-order chi connectivity index (χ1) is 9.06. The van der Waals surface area contributed by atoms with Crippen LogP contribution in [0.1, 0.15) is 33.6 Å². The first-order valence-electron chi connectivity index (χ1n) is 6.19. The van der Waals surface area contributed by atoms with Gasteiger partial charge in [-0.05, 0) is 20.3 Å². The Labute approximate surface area is 121 Å². The number of carboxylic acid groups (broad SMARTS) is 1. The van der Waals surface area contributed by atoms with Crippen molar-refractivity contribution in [2.24, 2.45) is 5.41 Å². The molecular formula is C12H22N2O5S.